The highest BCUT2D eigenvalue weighted by molar-refractivity contribution is 7.09. The minimum absolute atomic E-state index is 0.0168. The zero-order valence-electron chi connectivity index (χ0n) is 19.3. The van der Waals surface area contributed by atoms with Gasteiger partial charge in [-0.1, -0.05) is 48.6 Å². The summed E-state index contributed by atoms with van der Waals surface area (Å²) in [6.45, 7) is 5.26. The van der Waals surface area contributed by atoms with Crippen molar-refractivity contribution < 1.29 is 18.9 Å². The molecular formula is C27H34NO3S+. The Morgan fingerprint density at radius 3 is 2.53 bits per heavy atom. The van der Waals surface area contributed by atoms with Gasteiger partial charge in [-0.05, 0) is 61.2 Å². The summed E-state index contributed by atoms with van der Waals surface area (Å²) in [4.78, 5) is 26.4. The van der Waals surface area contributed by atoms with Crippen molar-refractivity contribution in [2.24, 2.45) is 22.7 Å². The van der Waals surface area contributed by atoms with Crippen LogP contribution in [-0.2, 0) is 22.5 Å². The lowest BCUT2D eigenvalue weighted by atomic mass is 9.44. The summed E-state index contributed by atoms with van der Waals surface area (Å²) in [5, 5.41) is 0. The van der Waals surface area contributed by atoms with Gasteiger partial charge in [-0.2, -0.15) is 4.57 Å². The minimum atomic E-state index is -0.0168. The molecule has 4 aliphatic rings. The lowest BCUT2D eigenvalue weighted by Crippen LogP contribution is -2.51. The van der Waals surface area contributed by atoms with Gasteiger partial charge >= 0.3 is 5.97 Å². The summed E-state index contributed by atoms with van der Waals surface area (Å²) in [7, 11) is 0. The molecule has 4 saturated carbocycles. The molecule has 0 unspecified atom stereocenters. The Balaban J connectivity index is 1.13. The number of rotatable bonds is 8. The number of ether oxygens (including phenoxy) is 1. The SMILES string of the molecule is Cc1c(CCOC(=O)CC23C[C@H]4C[C@@H](CC(C)(C4)C2)C3)sc[n+]1CC(=O)c1ccccc1. The molecule has 0 saturated heterocycles. The molecule has 0 spiro atoms. The van der Waals surface area contributed by atoms with Crippen LogP contribution in [0.5, 0.6) is 0 Å². The van der Waals surface area contributed by atoms with Gasteiger partial charge in [0.15, 0.2) is 5.69 Å². The van der Waals surface area contributed by atoms with E-state index in [-0.39, 0.29) is 17.2 Å². The van der Waals surface area contributed by atoms with Crippen molar-refractivity contribution in [1.29, 1.82) is 0 Å². The van der Waals surface area contributed by atoms with Crippen LogP contribution in [0.4, 0.5) is 0 Å². The third-order valence-electron chi connectivity index (χ3n) is 8.15. The maximum atomic E-state index is 12.7. The van der Waals surface area contributed by atoms with Gasteiger partial charge in [-0.25, -0.2) is 0 Å². The fourth-order valence-corrected chi connectivity index (χ4v) is 8.44. The first-order valence-corrected chi connectivity index (χ1v) is 12.9. The standard InChI is InChI=1S/C27H34NO3S/c1-19-24(32-18-28(19)16-23(29)22-6-4-3-5-7-22)8-9-31-25(30)15-27-13-20-10-21(14-27)12-26(2,11-20)17-27/h3-7,18,20-21H,8-17H2,1-2H3/q+1/t20-,21-,26?,27?/m0/s1. The Morgan fingerprint density at radius 1 is 1.12 bits per heavy atom. The van der Waals surface area contributed by atoms with E-state index in [0.29, 0.717) is 31.4 Å². The summed E-state index contributed by atoms with van der Waals surface area (Å²) >= 11 is 1.64. The van der Waals surface area contributed by atoms with Gasteiger partial charge < -0.3 is 4.74 Å². The maximum Gasteiger partial charge on any atom is 0.306 e. The van der Waals surface area contributed by atoms with Gasteiger partial charge in [0.2, 0.25) is 17.8 Å². The van der Waals surface area contributed by atoms with E-state index < -0.39 is 0 Å². The number of carbonyl (C=O) groups excluding carboxylic acids is 2. The van der Waals surface area contributed by atoms with E-state index in [1.807, 2.05) is 47.3 Å². The molecule has 0 N–H and O–H groups in total. The second-order valence-corrected chi connectivity index (χ2v) is 12.0. The van der Waals surface area contributed by atoms with Crippen LogP contribution in [0.25, 0.3) is 0 Å². The number of carbonyl (C=O) groups is 2. The number of benzene rings is 1. The van der Waals surface area contributed by atoms with Gasteiger partial charge in [0.05, 0.1) is 17.9 Å². The number of hydrogen-bond acceptors (Lipinski definition) is 4. The van der Waals surface area contributed by atoms with E-state index in [2.05, 4.69) is 6.92 Å². The van der Waals surface area contributed by atoms with Crippen LogP contribution in [0.2, 0.25) is 0 Å². The lowest BCUT2D eigenvalue weighted by molar-refractivity contribution is -0.684. The second-order valence-electron chi connectivity index (χ2n) is 11.1. The first kappa shape index (κ1) is 21.8. The highest BCUT2D eigenvalue weighted by Gasteiger charge is 2.56. The normalized spacial score (nSPS) is 30.4. The molecular weight excluding hydrogens is 418 g/mol. The molecule has 4 fully saturated rings. The summed E-state index contributed by atoms with van der Waals surface area (Å²) in [5.41, 5.74) is 4.49. The smallest absolute Gasteiger partial charge is 0.306 e. The van der Waals surface area contributed by atoms with Gasteiger partial charge in [0.25, 0.3) is 0 Å². The van der Waals surface area contributed by atoms with E-state index in [9.17, 15) is 9.59 Å². The summed E-state index contributed by atoms with van der Waals surface area (Å²) in [6, 6.07) is 9.41. The first-order valence-electron chi connectivity index (χ1n) is 12.0. The van der Waals surface area contributed by atoms with Crippen LogP contribution in [0, 0.1) is 29.6 Å². The molecule has 1 aromatic carbocycles. The molecule has 5 heteroatoms. The molecule has 0 radical (unpaired) electrons. The van der Waals surface area contributed by atoms with E-state index >= 15 is 0 Å². The molecule has 1 aromatic heterocycles. The number of Topliss-reactive ketones (excluding diaryl/α,β-unsaturated/α-hetero) is 1. The van der Waals surface area contributed by atoms with Crippen molar-refractivity contribution in [3.8, 4) is 0 Å². The zero-order chi connectivity index (χ0) is 22.3. The summed E-state index contributed by atoms with van der Waals surface area (Å²) in [5.74, 6) is 1.75. The van der Waals surface area contributed by atoms with Crippen LogP contribution >= 0.6 is 11.3 Å². The predicted molar refractivity (Wildman–Crippen MR) is 125 cm³/mol. The summed E-state index contributed by atoms with van der Waals surface area (Å²) in [6.07, 6.45) is 9.10. The molecule has 2 atom stereocenters. The van der Waals surface area contributed by atoms with Crippen molar-refractivity contribution in [3.05, 3.63) is 52.0 Å². The Kier molecular flexibility index (Phi) is 5.73. The second kappa shape index (κ2) is 8.40. The maximum absolute atomic E-state index is 12.7. The topological polar surface area (TPSA) is 47.2 Å². The van der Waals surface area contributed by atoms with Gasteiger partial charge in [-0.15, -0.1) is 0 Å². The third-order valence-corrected chi connectivity index (χ3v) is 9.30. The van der Waals surface area contributed by atoms with E-state index in [0.717, 1.165) is 23.1 Å². The summed E-state index contributed by atoms with van der Waals surface area (Å²) < 4.78 is 7.73. The van der Waals surface area contributed by atoms with Crippen LogP contribution in [0.15, 0.2) is 35.8 Å². The molecule has 4 nitrogen and oxygen atoms in total. The molecule has 0 aliphatic heterocycles. The minimum Gasteiger partial charge on any atom is -0.465 e. The fraction of sp³-hybridized carbons (Fsp3) is 0.593. The number of ketones is 1. The number of hydrogen-bond donors (Lipinski definition) is 0. The van der Waals surface area contributed by atoms with Gasteiger partial charge in [-0.3, -0.25) is 9.59 Å². The molecule has 4 bridgehead atoms. The highest BCUT2D eigenvalue weighted by Crippen LogP contribution is 2.66. The first-order chi connectivity index (χ1) is 15.3. The highest BCUT2D eigenvalue weighted by atomic mass is 32.1. The number of nitrogens with zero attached hydrogens (tertiary/aromatic N) is 1. The Bertz CT molecular complexity index is 997. The lowest BCUT2D eigenvalue weighted by Gasteiger charge is -2.61. The number of esters is 1. The molecule has 0 amide bonds. The van der Waals surface area contributed by atoms with Gasteiger partial charge in [0, 0.05) is 18.9 Å². The van der Waals surface area contributed by atoms with Crippen LogP contribution in [0.3, 0.4) is 0 Å². The van der Waals surface area contributed by atoms with Crippen LogP contribution in [-0.4, -0.2) is 18.4 Å². The quantitative estimate of drug-likeness (QED) is 0.310. The zero-order valence-corrected chi connectivity index (χ0v) is 20.1. The number of aromatic nitrogens is 1. The molecule has 32 heavy (non-hydrogen) atoms. The molecule has 6 rings (SSSR count). The van der Waals surface area contributed by atoms with Crippen molar-refractivity contribution in [2.45, 2.75) is 71.8 Å². The Morgan fingerprint density at radius 2 is 1.84 bits per heavy atom. The van der Waals surface area contributed by atoms with Crippen LogP contribution < -0.4 is 4.57 Å². The average Bonchev–Trinajstić information content (AvgIpc) is 3.06. The average molecular weight is 453 g/mol. The van der Waals surface area contributed by atoms with Crippen LogP contribution in [0.1, 0.15) is 72.8 Å². The monoisotopic (exact) mass is 452 g/mol. The molecule has 4 aliphatic carbocycles. The third kappa shape index (κ3) is 4.41. The van der Waals surface area contributed by atoms with Gasteiger partial charge in [0.1, 0.15) is 0 Å². The van der Waals surface area contributed by atoms with Crippen molar-refractivity contribution in [3.63, 3.8) is 0 Å². The van der Waals surface area contributed by atoms with E-state index in [1.54, 1.807) is 11.3 Å². The molecule has 170 valence electrons. The Hall–Kier alpha value is -2.01. The fourth-order valence-electron chi connectivity index (χ4n) is 7.47. The van der Waals surface area contributed by atoms with Crippen molar-refractivity contribution in [2.75, 3.05) is 6.61 Å². The van der Waals surface area contributed by atoms with E-state index in [1.165, 1.54) is 43.4 Å². The number of thiazole rings is 1. The Labute approximate surface area is 195 Å². The van der Waals surface area contributed by atoms with Crippen molar-refractivity contribution in [1.82, 2.24) is 0 Å². The van der Waals surface area contributed by atoms with E-state index in [4.69, 9.17) is 4.74 Å². The molecule has 1 heterocycles. The predicted octanol–water partition coefficient (Wildman–Crippen LogP) is 5.31. The largest absolute Gasteiger partial charge is 0.465 e. The van der Waals surface area contributed by atoms with Crippen molar-refractivity contribution >= 4 is 23.1 Å². The molecule has 2 aromatic rings.